The highest BCUT2D eigenvalue weighted by Gasteiger charge is 2.10. The molecule has 1 heterocycles. The summed E-state index contributed by atoms with van der Waals surface area (Å²) in [4.78, 5) is 16.5. The first-order valence-electron chi connectivity index (χ1n) is 8.41. The van der Waals surface area contributed by atoms with Crippen LogP contribution in [-0.2, 0) is 4.79 Å². The lowest BCUT2D eigenvalue weighted by molar-refractivity contribution is -0.118. The van der Waals surface area contributed by atoms with E-state index in [0.717, 1.165) is 0 Å². The molecular weight excluding hydrogens is 383 g/mol. The van der Waals surface area contributed by atoms with E-state index < -0.39 is 0 Å². The number of hydrogen-bond acceptors (Lipinski definition) is 4. The highest BCUT2D eigenvalue weighted by atomic mass is 35.5. The number of oxazole rings is 1. The number of carbonyl (C=O) groups is 1. The van der Waals surface area contributed by atoms with Crippen LogP contribution in [0.4, 0.5) is 10.1 Å². The molecule has 140 valence electrons. The third-order valence-electron chi connectivity index (χ3n) is 3.95. The van der Waals surface area contributed by atoms with E-state index in [1.54, 1.807) is 54.6 Å². The molecule has 0 atom stereocenters. The molecule has 1 N–H and O–H groups in total. The Balaban J connectivity index is 1.44. The minimum Gasteiger partial charge on any atom is -0.484 e. The van der Waals surface area contributed by atoms with E-state index in [4.69, 9.17) is 20.8 Å². The summed E-state index contributed by atoms with van der Waals surface area (Å²) in [7, 11) is 0. The Morgan fingerprint density at radius 3 is 2.57 bits per heavy atom. The monoisotopic (exact) mass is 396 g/mol. The van der Waals surface area contributed by atoms with Gasteiger partial charge in [-0.25, -0.2) is 9.37 Å². The first kappa shape index (κ1) is 18.0. The van der Waals surface area contributed by atoms with Gasteiger partial charge in [-0.1, -0.05) is 11.6 Å². The van der Waals surface area contributed by atoms with E-state index in [9.17, 15) is 9.18 Å². The summed E-state index contributed by atoms with van der Waals surface area (Å²) in [5.41, 5.74) is 2.38. The number of carbonyl (C=O) groups excluding carboxylic acids is 1. The lowest BCUT2D eigenvalue weighted by Crippen LogP contribution is -2.20. The Hall–Kier alpha value is -3.38. The summed E-state index contributed by atoms with van der Waals surface area (Å²) in [6.07, 6.45) is 0. The molecule has 4 aromatic rings. The van der Waals surface area contributed by atoms with Gasteiger partial charge in [0.2, 0.25) is 5.89 Å². The molecule has 0 fully saturated rings. The second-order valence-corrected chi connectivity index (χ2v) is 6.44. The number of halogens is 2. The highest BCUT2D eigenvalue weighted by Crippen LogP contribution is 2.26. The van der Waals surface area contributed by atoms with Gasteiger partial charge in [-0.05, 0) is 66.7 Å². The Morgan fingerprint density at radius 1 is 1.07 bits per heavy atom. The van der Waals surface area contributed by atoms with E-state index in [1.807, 2.05) is 0 Å². The smallest absolute Gasteiger partial charge is 0.262 e. The summed E-state index contributed by atoms with van der Waals surface area (Å²) in [5, 5.41) is 3.35. The van der Waals surface area contributed by atoms with Crippen molar-refractivity contribution in [2.75, 3.05) is 11.9 Å². The van der Waals surface area contributed by atoms with E-state index in [1.165, 1.54) is 12.1 Å². The maximum atomic E-state index is 13.1. The van der Waals surface area contributed by atoms with E-state index in [-0.39, 0.29) is 18.3 Å². The maximum Gasteiger partial charge on any atom is 0.262 e. The molecule has 3 aromatic carbocycles. The summed E-state index contributed by atoms with van der Waals surface area (Å²) in [6, 6.07) is 17.8. The molecule has 4 rings (SSSR count). The quantitative estimate of drug-likeness (QED) is 0.497. The highest BCUT2D eigenvalue weighted by molar-refractivity contribution is 6.30. The van der Waals surface area contributed by atoms with Crippen LogP contribution < -0.4 is 10.1 Å². The first-order chi connectivity index (χ1) is 13.6. The number of nitrogens with one attached hydrogen (secondary N) is 1. The SMILES string of the molecule is O=C(COc1ccc(Cl)cc1)Nc1ccc2oc(-c3ccc(F)cc3)nc2c1. The van der Waals surface area contributed by atoms with Crippen LogP contribution in [0, 0.1) is 5.82 Å². The number of rotatable bonds is 5. The Kier molecular flexibility index (Phi) is 4.95. The first-order valence-corrected chi connectivity index (χ1v) is 8.79. The number of benzene rings is 3. The van der Waals surface area contributed by atoms with Gasteiger partial charge in [0.25, 0.3) is 5.91 Å². The summed E-state index contributed by atoms with van der Waals surface area (Å²) in [5.74, 6) is 0.294. The predicted octanol–water partition coefficient (Wildman–Crippen LogP) is 5.30. The molecular formula is C21H14ClFN2O3. The molecule has 0 aliphatic rings. The third kappa shape index (κ3) is 4.13. The number of nitrogens with zero attached hydrogens (tertiary/aromatic N) is 1. The number of ether oxygens (including phenoxy) is 1. The van der Waals surface area contributed by atoms with Crippen molar-refractivity contribution in [3.05, 3.63) is 77.6 Å². The molecule has 0 saturated carbocycles. The Bertz CT molecular complexity index is 1120. The van der Waals surface area contributed by atoms with Crippen molar-refractivity contribution < 1.29 is 18.3 Å². The zero-order chi connectivity index (χ0) is 19.5. The lowest BCUT2D eigenvalue weighted by Gasteiger charge is -2.07. The van der Waals surface area contributed by atoms with Gasteiger partial charge in [0.1, 0.15) is 17.1 Å². The summed E-state index contributed by atoms with van der Waals surface area (Å²) in [6.45, 7) is -0.140. The molecule has 5 nitrogen and oxygen atoms in total. The van der Waals surface area contributed by atoms with Gasteiger partial charge in [-0.15, -0.1) is 0 Å². The molecule has 0 aliphatic carbocycles. The third-order valence-corrected chi connectivity index (χ3v) is 4.20. The van der Waals surface area contributed by atoms with Gasteiger partial charge in [0.05, 0.1) is 0 Å². The zero-order valence-corrected chi connectivity index (χ0v) is 15.2. The van der Waals surface area contributed by atoms with Gasteiger partial charge in [0.15, 0.2) is 12.2 Å². The van der Waals surface area contributed by atoms with Gasteiger partial charge in [0, 0.05) is 16.3 Å². The fourth-order valence-corrected chi connectivity index (χ4v) is 2.72. The molecule has 7 heteroatoms. The Labute approximate surface area is 164 Å². The number of hydrogen-bond donors (Lipinski definition) is 1. The van der Waals surface area contributed by atoms with Gasteiger partial charge in [-0.2, -0.15) is 0 Å². The van der Waals surface area contributed by atoms with Crippen LogP contribution >= 0.6 is 11.6 Å². The zero-order valence-electron chi connectivity index (χ0n) is 14.5. The van der Waals surface area contributed by atoms with Crippen molar-refractivity contribution in [3.63, 3.8) is 0 Å². The standard InChI is InChI=1S/C21H14ClFN2O3/c22-14-3-8-17(9-4-14)27-12-20(26)24-16-7-10-19-18(11-16)25-21(28-19)13-1-5-15(23)6-2-13/h1-11H,12H2,(H,24,26). The average Bonchev–Trinajstić information content (AvgIpc) is 3.11. The van der Waals surface area contributed by atoms with Crippen molar-refractivity contribution >= 4 is 34.3 Å². The van der Waals surface area contributed by atoms with Crippen molar-refractivity contribution in [2.45, 2.75) is 0 Å². The number of fused-ring (bicyclic) bond motifs is 1. The predicted molar refractivity (Wildman–Crippen MR) is 105 cm³/mol. The molecule has 0 bridgehead atoms. The van der Waals surface area contributed by atoms with Crippen LogP contribution in [-0.4, -0.2) is 17.5 Å². The van der Waals surface area contributed by atoms with Crippen LogP contribution in [0.25, 0.3) is 22.6 Å². The van der Waals surface area contributed by atoms with Gasteiger partial charge in [-0.3, -0.25) is 4.79 Å². The second-order valence-electron chi connectivity index (χ2n) is 6.00. The largest absolute Gasteiger partial charge is 0.484 e. The molecule has 1 aromatic heterocycles. The molecule has 0 spiro atoms. The molecule has 0 aliphatic heterocycles. The van der Waals surface area contributed by atoms with Crippen LogP contribution in [0.5, 0.6) is 5.75 Å². The number of anilines is 1. The number of amides is 1. The fraction of sp³-hybridized carbons (Fsp3) is 0.0476. The maximum absolute atomic E-state index is 13.1. The van der Waals surface area contributed by atoms with E-state index >= 15 is 0 Å². The van der Waals surface area contributed by atoms with Gasteiger partial charge < -0.3 is 14.5 Å². The van der Waals surface area contributed by atoms with Crippen LogP contribution in [0.3, 0.4) is 0 Å². The van der Waals surface area contributed by atoms with Crippen molar-refractivity contribution in [3.8, 4) is 17.2 Å². The molecule has 0 radical (unpaired) electrons. The van der Waals surface area contributed by atoms with Crippen LogP contribution in [0.1, 0.15) is 0 Å². The molecule has 28 heavy (non-hydrogen) atoms. The second kappa shape index (κ2) is 7.70. The van der Waals surface area contributed by atoms with Crippen LogP contribution in [0.2, 0.25) is 5.02 Å². The summed E-state index contributed by atoms with van der Waals surface area (Å²) < 4.78 is 24.2. The minimum absolute atomic E-state index is 0.140. The van der Waals surface area contributed by atoms with Crippen molar-refractivity contribution in [2.24, 2.45) is 0 Å². The fourth-order valence-electron chi connectivity index (χ4n) is 2.60. The van der Waals surface area contributed by atoms with E-state index in [2.05, 4.69) is 10.3 Å². The summed E-state index contributed by atoms with van der Waals surface area (Å²) >= 11 is 5.81. The van der Waals surface area contributed by atoms with Crippen LogP contribution in [0.15, 0.2) is 71.1 Å². The van der Waals surface area contributed by atoms with Gasteiger partial charge >= 0.3 is 0 Å². The minimum atomic E-state index is -0.328. The van der Waals surface area contributed by atoms with Crippen molar-refractivity contribution in [1.29, 1.82) is 0 Å². The van der Waals surface area contributed by atoms with E-state index in [0.29, 0.717) is 39.0 Å². The Morgan fingerprint density at radius 2 is 1.82 bits per heavy atom. The van der Waals surface area contributed by atoms with Crippen molar-refractivity contribution in [1.82, 2.24) is 4.98 Å². The lowest BCUT2D eigenvalue weighted by atomic mass is 10.2. The molecule has 1 amide bonds. The molecule has 0 saturated heterocycles. The molecule has 0 unspecified atom stereocenters. The average molecular weight is 397 g/mol. The normalized spacial score (nSPS) is 10.8. The topological polar surface area (TPSA) is 64.4 Å². The number of aromatic nitrogens is 1.